The molecule has 1 aromatic carbocycles. The summed E-state index contributed by atoms with van der Waals surface area (Å²) in [6.07, 6.45) is 2.53. The van der Waals surface area contributed by atoms with E-state index < -0.39 is 0 Å². The maximum absolute atomic E-state index is 12.2. The number of aliphatic hydroxyl groups is 1. The van der Waals surface area contributed by atoms with Crippen molar-refractivity contribution in [1.82, 2.24) is 4.90 Å². The number of aliphatic hydroxyl groups excluding tert-OH is 1. The first kappa shape index (κ1) is 10.8. The second kappa shape index (κ2) is 4.15. The zero-order chi connectivity index (χ0) is 11.8. The van der Waals surface area contributed by atoms with Crippen LogP contribution in [0.3, 0.4) is 0 Å². The topological polar surface area (TPSA) is 40.5 Å². The number of benzene rings is 1. The second-order valence-electron chi connectivity index (χ2n) is 5.15. The van der Waals surface area contributed by atoms with Gasteiger partial charge in [0.15, 0.2) is 0 Å². The molecule has 0 spiro atoms. The lowest BCUT2D eigenvalue weighted by atomic mass is 9.81. The van der Waals surface area contributed by atoms with Crippen LogP contribution in [0.2, 0.25) is 0 Å². The van der Waals surface area contributed by atoms with Crippen LogP contribution in [0.15, 0.2) is 24.3 Å². The summed E-state index contributed by atoms with van der Waals surface area (Å²) in [5.41, 5.74) is 2.03. The third-order valence-electron chi connectivity index (χ3n) is 3.88. The van der Waals surface area contributed by atoms with Crippen LogP contribution in [0.4, 0.5) is 0 Å². The molecule has 0 saturated heterocycles. The van der Waals surface area contributed by atoms with Gasteiger partial charge in [-0.15, -0.1) is 0 Å². The lowest BCUT2D eigenvalue weighted by Crippen LogP contribution is -2.44. The smallest absolute Gasteiger partial charge is 0.254 e. The largest absolute Gasteiger partial charge is 0.393 e. The van der Waals surface area contributed by atoms with E-state index in [-0.39, 0.29) is 12.0 Å². The molecule has 3 rings (SSSR count). The fourth-order valence-corrected chi connectivity index (χ4v) is 2.81. The number of carbonyl (C=O) groups excluding carboxylic acids is 1. The highest BCUT2D eigenvalue weighted by Crippen LogP contribution is 2.29. The summed E-state index contributed by atoms with van der Waals surface area (Å²) in [7, 11) is 0. The molecule has 0 atom stereocenters. The Balaban J connectivity index is 1.71. The van der Waals surface area contributed by atoms with Crippen LogP contribution in [-0.2, 0) is 6.42 Å². The average Bonchev–Trinajstić information content (AvgIpc) is 2.31. The lowest BCUT2D eigenvalue weighted by Gasteiger charge is -2.37. The Hall–Kier alpha value is -1.35. The van der Waals surface area contributed by atoms with E-state index in [9.17, 15) is 9.90 Å². The zero-order valence-electron chi connectivity index (χ0n) is 9.80. The lowest BCUT2D eigenvalue weighted by molar-refractivity contribution is 0.0221. The third-order valence-corrected chi connectivity index (χ3v) is 3.88. The molecule has 17 heavy (non-hydrogen) atoms. The summed E-state index contributed by atoms with van der Waals surface area (Å²) in [6.45, 7) is 1.63. The summed E-state index contributed by atoms with van der Waals surface area (Å²) >= 11 is 0. The van der Waals surface area contributed by atoms with Crippen molar-refractivity contribution in [3.63, 3.8) is 0 Å². The molecule has 1 amide bonds. The summed E-state index contributed by atoms with van der Waals surface area (Å²) in [6, 6.07) is 7.87. The Kier molecular flexibility index (Phi) is 2.63. The van der Waals surface area contributed by atoms with Gasteiger partial charge in [0.25, 0.3) is 5.91 Å². The van der Waals surface area contributed by atoms with Gasteiger partial charge in [-0.1, -0.05) is 18.2 Å². The van der Waals surface area contributed by atoms with Crippen LogP contribution in [0.25, 0.3) is 0 Å². The van der Waals surface area contributed by atoms with Crippen molar-refractivity contribution in [2.75, 3.05) is 13.1 Å². The molecule has 0 unspecified atom stereocenters. The third kappa shape index (κ3) is 1.95. The Morgan fingerprint density at radius 1 is 1.29 bits per heavy atom. The van der Waals surface area contributed by atoms with Crippen LogP contribution in [0.5, 0.6) is 0 Å². The molecule has 1 aromatic rings. The van der Waals surface area contributed by atoms with E-state index in [2.05, 4.69) is 0 Å². The molecular weight excluding hydrogens is 214 g/mol. The molecule has 0 aromatic heterocycles. The van der Waals surface area contributed by atoms with Gasteiger partial charge in [-0.3, -0.25) is 4.79 Å². The molecule has 0 bridgehead atoms. The molecule has 1 fully saturated rings. The van der Waals surface area contributed by atoms with Gasteiger partial charge in [-0.05, 0) is 36.8 Å². The van der Waals surface area contributed by atoms with E-state index in [4.69, 9.17) is 0 Å². The van der Waals surface area contributed by atoms with Crippen LogP contribution in [-0.4, -0.2) is 35.1 Å². The van der Waals surface area contributed by atoms with Crippen LogP contribution in [0, 0.1) is 5.92 Å². The fourth-order valence-electron chi connectivity index (χ4n) is 2.81. The molecular formula is C14H17NO2. The second-order valence-corrected chi connectivity index (χ2v) is 5.15. The molecule has 3 heteroatoms. The van der Waals surface area contributed by atoms with E-state index in [1.165, 1.54) is 5.56 Å². The monoisotopic (exact) mass is 231 g/mol. The predicted molar refractivity (Wildman–Crippen MR) is 64.8 cm³/mol. The average molecular weight is 231 g/mol. The Morgan fingerprint density at radius 3 is 2.82 bits per heavy atom. The van der Waals surface area contributed by atoms with Gasteiger partial charge in [0.05, 0.1) is 6.10 Å². The van der Waals surface area contributed by atoms with Crippen molar-refractivity contribution in [1.29, 1.82) is 0 Å². The maximum Gasteiger partial charge on any atom is 0.254 e. The molecule has 1 heterocycles. The van der Waals surface area contributed by atoms with E-state index in [0.29, 0.717) is 5.92 Å². The number of nitrogens with zero attached hydrogens (tertiary/aromatic N) is 1. The van der Waals surface area contributed by atoms with Crippen molar-refractivity contribution in [2.45, 2.75) is 25.4 Å². The van der Waals surface area contributed by atoms with Crippen LogP contribution < -0.4 is 0 Å². The first-order chi connectivity index (χ1) is 8.24. The van der Waals surface area contributed by atoms with Gasteiger partial charge in [0.2, 0.25) is 0 Å². The molecule has 3 nitrogen and oxygen atoms in total. The van der Waals surface area contributed by atoms with E-state index in [1.54, 1.807) is 0 Å². The Bertz CT molecular complexity index is 438. The van der Waals surface area contributed by atoms with Gasteiger partial charge in [0.1, 0.15) is 0 Å². The minimum Gasteiger partial charge on any atom is -0.393 e. The standard InChI is InChI=1S/C14H17NO2/c16-12-7-10(8-12)9-15-6-5-11-3-1-2-4-13(11)14(15)17/h1-4,10,12,16H,5-9H2. The Morgan fingerprint density at radius 2 is 2.06 bits per heavy atom. The summed E-state index contributed by atoms with van der Waals surface area (Å²) in [4.78, 5) is 14.2. The van der Waals surface area contributed by atoms with E-state index in [1.807, 2.05) is 29.2 Å². The minimum absolute atomic E-state index is 0.132. The SMILES string of the molecule is O=C1c2ccccc2CCN1CC1CC(O)C1. The van der Waals surface area contributed by atoms with Crippen LogP contribution >= 0.6 is 0 Å². The molecule has 1 aliphatic heterocycles. The zero-order valence-corrected chi connectivity index (χ0v) is 9.80. The van der Waals surface area contributed by atoms with Crippen molar-refractivity contribution >= 4 is 5.91 Å². The maximum atomic E-state index is 12.2. The first-order valence-corrected chi connectivity index (χ1v) is 6.29. The summed E-state index contributed by atoms with van der Waals surface area (Å²) < 4.78 is 0. The molecule has 1 N–H and O–H groups in total. The van der Waals surface area contributed by atoms with Crippen molar-refractivity contribution in [3.05, 3.63) is 35.4 Å². The molecule has 0 radical (unpaired) electrons. The number of hydrogen-bond donors (Lipinski definition) is 1. The van der Waals surface area contributed by atoms with Gasteiger partial charge >= 0.3 is 0 Å². The van der Waals surface area contributed by atoms with E-state index in [0.717, 1.165) is 37.9 Å². The number of amides is 1. The Labute approximate surface area is 101 Å². The van der Waals surface area contributed by atoms with Gasteiger partial charge in [0, 0.05) is 18.7 Å². The normalized spacial score (nSPS) is 27.6. The number of fused-ring (bicyclic) bond motifs is 1. The van der Waals surface area contributed by atoms with E-state index >= 15 is 0 Å². The number of hydrogen-bond acceptors (Lipinski definition) is 2. The molecule has 1 saturated carbocycles. The van der Waals surface area contributed by atoms with Crippen LogP contribution in [0.1, 0.15) is 28.8 Å². The van der Waals surface area contributed by atoms with Crippen molar-refractivity contribution in [2.24, 2.45) is 5.92 Å². The first-order valence-electron chi connectivity index (χ1n) is 6.29. The summed E-state index contributed by atoms with van der Waals surface area (Å²) in [5, 5.41) is 9.27. The van der Waals surface area contributed by atoms with Gasteiger partial charge < -0.3 is 10.0 Å². The van der Waals surface area contributed by atoms with Crippen molar-refractivity contribution < 1.29 is 9.90 Å². The van der Waals surface area contributed by atoms with Crippen molar-refractivity contribution in [3.8, 4) is 0 Å². The number of carbonyl (C=O) groups is 1. The molecule has 2 aliphatic rings. The highest BCUT2D eigenvalue weighted by molar-refractivity contribution is 5.96. The highest BCUT2D eigenvalue weighted by atomic mass is 16.3. The number of rotatable bonds is 2. The fraction of sp³-hybridized carbons (Fsp3) is 0.500. The highest BCUT2D eigenvalue weighted by Gasteiger charge is 2.32. The minimum atomic E-state index is -0.132. The van der Waals surface area contributed by atoms with Gasteiger partial charge in [-0.25, -0.2) is 0 Å². The molecule has 90 valence electrons. The quantitative estimate of drug-likeness (QED) is 0.837. The van der Waals surface area contributed by atoms with Gasteiger partial charge in [-0.2, -0.15) is 0 Å². The molecule has 1 aliphatic carbocycles. The summed E-state index contributed by atoms with van der Waals surface area (Å²) in [5.74, 6) is 0.660. The predicted octanol–water partition coefficient (Wildman–Crippen LogP) is 1.46.